The molecule has 0 saturated heterocycles. The molecule has 6 nitrogen and oxygen atoms in total. The summed E-state index contributed by atoms with van der Waals surface area (Å²) in [6, 6.07) is 8.46. The zero-order valence-corrected chi connectivity index (χ0v) is 14.4. The zero-order chi connectivity index (χ0) is 19.6. The van der Waals surface area contributed by atoms with Crippen LogP contribution in [0.4, 0.5) is 19.2 Å². The number of hydrogen-bond acceptors (Lipinski definition) is 5. The van der Waals surface area contributed by atoms with Crippen LogP contribution in [0.5, 0.6) is 5.75 Å². The maximum Gasteiger partial charge on any atom is 0.416 e. The molecule has 1 aromatic heterocycles. The molecule has 0 spiro atoms. The highest BCUT2D eigenvalue weighted by Gasteiger charge is 2.30. The van der Waals surface area contributed by atoms with E-state index in [0.29, 0.717) is 10.8 Å². The molecule has 0 radical (unpaired) electrons. The molecule has 0 unspecified atom stereocenters. The fourth-order valence-electron chi connectivity index (χ4n) is 2.21. The normalized spacial score (nSPS) is 11.3. The van der Waals surface area contributed by atoms with E-state index in [-0.39, 0.29) is 23.0 Å². The number of rotatable bonds is 4. The molecule has 0 saturated carbocycles. The number of amides is 1. The summed E-state index contributed by atoms with van der Waals surface area (Å²) in [6.07, 6.45) is -4.44. The molecule has 0 bridgehead atoms. The molecule has 3 aromatic rings. The molecule has 10 heteroatoms. The van der Waals surface area contributed by atoms with Gasteiger partial charge < -0.3 is 9.15 Å². The van der Waals surface area contributed by atoms with Crippen LogP contribution in [0.1, 0.15) is 15.9 Å². The SMILES string of the molecule is COc1ccc(Cl)cc1C(=O)Nc1nnc(-c2ccc(C(F)(F)F)cc2)o1. The molecule has 3 rings (SSSR count). The van der Waals surface area contributed by atoms with Crippen LogP contribution in [0, 0.1) is 0 Å². The van der Waals surface area contributed by atoms with Crippen molar-refractivity contribution in [1.29, 1.82) is 0 Å². The number of carbonyl (C=O) groups is 1. The molecular formula is C17H11ClF3N3O3. The van der Waals surface area contributed by atoms with Gasteiger partial charge >= 0.3 is 12.2 Å². The standard InChI is InChI=1S/C17H11ClF3N3O3/c1-26-13-7-6-11(18)8-12(13)14(25)22-16-24-23-15(27-16)9-2-4-10(5-3-9)17(19,20)21/h2-8H,1H3,(H,22,24,25). The highest BCUT2D eigenvalue weighted by Crippen LogP contribution is 2.31. The van der Waals surface area contributed by atoms with Crippen LogP contribution in [0.3, 0.4) is 0 Å². The van der Waals surface area contributed by atoms with Crippen molar-refractivity contribution >= 4 is 23.5 Å². The fourth-order valence-corrected chi connectivity index (χ4v) is 2.39. The van der Waals surface area contributed by atoms with Crippen LogP contribution in [-0.2, 0) is 6.18 Å². The number of alkyl halides is 3. The van der Waals surface area contributed by atoms with Gasteiger partial charge in [-0.25, -0.2) is 0 Å². The Hall–Kier alpha value is -3.07. The van der Waals surface area contributed by atoms with Gasteiger partial charge in [-0.05, 0) is 42.5 Å². The van der Waals surface area contributed by atoms with E-state index in [0.717, 1.165) is 12.1 Å². The van der Waals surface area contributed by atoms with Crippen LogP contribution in [0.15, 0.2) is 46.9 Å². The first-order valence-electron chi connectivity index (χ1n) is 7.44. The van der Waals surface area contributed by atoms with E-state index < -0.39 is 17.6 Å². The summed E-state index contributed by atoms with van der Waals surface area (Å²) in [7, 11) is 1.40. The first-order valence-corrected chi connectivity index (χ1v) is 7.82. The van der Waals surface area contributed by atoms with Gasteiger partial charge in [0, 0.05) is 10.6 Å². The Morgan fingerprint density at radius 2 is 1.85 bits per heavy atom. The Morgan fingerprint density at radius 3 is 2.48 bits per heavy atom. The molecule has 0 atom stereocenters. The quantitative estimate of drug-likeness (QED) is 0.692. The van der Waals surface area contributed by atoms with Crippen molar-refractivity contribution in [3.63, 3.8) is 0 Å². The van der Waals surface area contributed by atoms with E-state index in [4.69, 9.17) is 20.8 Å². The van der Waals surface area contributed by atoms with Gasteiger partial charge in [0.15, 0.2) is 0 Å². The monoisotopic (exact) mass is 397 g/mol. The van der Waals surface area contributed by atoms with Crippen molar-refractivity contribution in [3.05, 3.63) is 58.6 Å². The lowest BCUT2D eigenvalue weighted by Crippen LogP contribution is -2.13. The Morgan fingerprint density at radius 1 is 1.15 bits per heavy atom. The number of aromatic nitrogens is 2. The molecule has 27 heavy (non-hydrogen) atoms. The number of anilines is 1. The van der Waals surface area contributed by atoms with Gasteiger partial charge in [0.2, 0.25) is 5.89 Å². The predicted octanol–water partition coefficient (Wildman–Crippen LogP) is 4.67. The Kier molecular flexibility index (Phi) is 5.04. The summed E-state index contributed by atoms with van der Waals surface area (Å²) in [4.78, 5) is 12.3. The molecule has 1 heterocycles. The highest BCUT2D eigenvalue weighted by atomic mass is 35.5. The summed E-state index contributed by atoms with van der Waals surface area (Å²) in [5, 5.41) is 10.1. The summed E-state index contributed by atoms with van der Waals surface area (Å²) in [5.74, 6) is -0.353. The third-order valence-corrected chi connectivity index (χ3v) is 3.75. The Balaban J connectivity index is 1.78. The van der Waals surface area contributed by atoms with Gasteiger partial charge in [-0.3, -0.25) is 10.1 Å². The van der Waals surface area contributed by atoms with Crippen molar-refractivity contribution in [1.82, 2.24) is 10.2 Å². The lowest BCUT2D eigenvalue weighted by molar-refractivity contribution is -0.137. The number of carbonyl (C=O) groups excluding carboxylic acids is 1. The molecular weight excluding hydrogens is 387 g/mol. The Labute approximate surface area is 155 Å². The lowest BCUT2D eigenvalue weighted by Gasteiger charge is -2.07. The van der Waals surface area contributed by atoms with Crippen LogP contribution in [0.2, 0.25) is 5.02 Å². The van der Waals surface area contributed by atoms with Crippen LogP contribution >= 0.6 is 11.6 Å². The van der Waals surface area contributed by atoms with Crippen molar-refractivity contribution < 1.29 is 27.1 Å². The number of ether oxygens (including phenoxy) is 1. The van der Waals surface area contributed by atoms with E-state index >= 15 is 0 Å². The number of hydrogen-bond donors (Lipinski definition) is 1. The van der Waals surface area contributed by atoms with Crippen LogP contribution < -0.4 is 10.1 Å². The van der Waals surface area contributed by atoms with Crippen LogP contribution in [-0.4, -0.2) is 23.2 Å². The molecule has 0 aliphatic heterocycles. The second kappa shape index (κ2) is 7.28. The summed E-state index contributed by atoms with van der Waals surface area (Å²) in [6.45, 7) is 0. The van der Waals surface area contributed by atoms with Crippen molar-refractivity contribution in [2.24, 2.45) is 0 Å². The minimum atomic E-state index is -4.44. The molecule has 0 aliphatic rings. The number of benzene rings is 2. The van der Waals surface area contributed by atoms with Gasteiger partial charge in [-0.15, -0.1) is 5.10 Å². The molecule has 2 aromatic carbocycles. The minimum absolute atomic E-state index is 0.0444. The largest absolute Gasteiger partial charge is 0.496 e. The van der Waals surface area contributed by atoms with Gasteiger partial charge in [-0.2, -0.15) is 13.2 Å². The van der Waals surface area contributed by atoms with E-state index in [1.165, 1.54) is 31.4 Å². The number of methoxy groups -OCH3 is 1. The first kappa shape index (κ1) is 18.7. The average molecular weight is 398 g/mol. The highest BCUT2D eigenvalue weighted by molar-refractivity contribution is 6.31. The second-order valence-electron chi connectivity index (χ2n) is 5.29. The van der Waals surface area contributed by atoms with Crippen molar-refractivity contribution in [3.8, 4) is 17.2 Å². The predicted molar refractivity (Wildman–Crippen MR) is 90.7 cm³/mol. The first-order chi connectivity index (χ1) is 12.8. The van der Waals surface area contributed by atoms with E-state index in [1.807, 2.05) is 0 Å². The van der Waals surface area contributed by atoms with E-state index in [9.17, 15) is 18.0 Å². The third kappa shape index (κ3) is 4.20. The maximum absolute atomic E-state index is 12.6. The van der Waals surface area contributed by atoms with Crippen molar-refractivity contribution in [2.75, 3.05) is 12.4 Å². The van der Waals surface area contributed by atoms with E-state index in [2.05, 4.69) is 15.5 Å². The smallest absolute Gasteiger partial charge is 0.416 e. The third-order valence-electron chi connectivity index (χ3n) is 3.51. The molecule has 0 aliphatic carbocycles. The average Bonchev–Trinajstić information content (AvgIpc) is 3.09. The van der Waals surface area contributed by atoms with Gasteiger partial charge in [0.25, 0.3) is 5.91 Å². The molecule has 1 amide bonds. The van der Waals surface area contributed by atoms with Crippen molar-refractivity contribution in [2.45, 2.75) is 6.18 Å². The number of halogens is 4. The maximum atomic E-state index is 12.6. The van der Waals surface area contributed by atoms with Gasteiger partial charge in [-0.1, -0.05) is 16.7 Å². The van der Waals surface area contributed by atoms with Gasteiger partial charge in [0.05, 0.1) is 18.2 Å². The Bertz CT molecular complexity index is 972. The fraction of sp³-hybridized carbons (Fsp3) is 0.118. The van der Waals surface area contributed by atoms with Crippen LogP contribution in [0.25, 0.3) is 11.5 Å². The second-order valence-corrected chi connectivity index (χ2v) is 5.72. The molecule has 1 N–H and O–H groups in total. The number of nitrogens with one attached hydrogen (secondary N) is 1. The lowest BCUT2D eigenvalue weighted by atomic mass is 10.1. The molecule has 140 valence electrons. The topological polar surface area (TPSA) is 77.2 Å². The zero-order valence-electron chi connectivity index (χ0n) is 13.7. The molecule has 0 fully saturated rings. The summed E-state index contributed by atoms with van der Waals surface area (Å²) in [5.41, 5.74) is -0.372. The summed E-state index contributed by atoms with van der Waals surface area (Å²) >= 11 is 5.88. The number of nitrogens with zero attached hydrogens (tertiary/aromatic N) is 2. The van der Waals surface area contributed by atoms with E-state index in [1.54, 1.807) is 6.07 Å². The van der Waals surface area contributed by atoms with Gasteiger partial charge in [0.1, 0.15) is 5.75 Å². The minimum Gasteiger partial charge on any atom is -0.496 e. The summed E-state index contributed by atoms with van der Waals surface area (Å²) < 4.78 is 48.2.